The topological polar surface area (TPSA) is 75.0 Å². The van der Waals surface area contributed by atoms with Crippen molar-refractivity contribution >= 4 is 39.8 Å². The van der Waals surface area contributed by atoms with Gasteiger partial charge in [0, 0.05) is 29.7 Å². The molecule has 0 spiro atoms. The number of benzene rings is 1. The van der Waals surface area contributed by atoms with E-state index < -0.39 is 6.03 Å². The first kappa shape index (κ1) is 17.8. The summed E-state index contributed by atoms with van der Waals surface area (Å²) in [6.45, 7) is 3.07. The number of imide groups is 1. The van der Waals surface area contributed by atoms with Crippen LogP contribution in [0.3, 0.4) is 0 Å². The molecule has 1 aromatic carbocycles. The van der Waals surface area contributed by atoms with Gasteiger partial charge in [-0.25, -0.2) is 4.79 Å². The Hall–Kier alpha value is -2.58. The van der Waals surface area contributed by atoms with Crippen molar-refractivity contribution in [3.63, 3.8) is 0 Å². The van der Waals surface area contributed by atoms with Crippen LogP contribution in [-0.4, -0.2) is 43.1 Å². The minimum absolute atomic E-state index is 0.208. The molecule has 3 heterocycles. The number of morpholine rings is 1. The first-order chi connectivity index (χ1) is 13.1. The van der Waals surface area contributed by atoms with E-state index in [4.69, 9.17) is 9.15 Å². The summed E-state index contributed by atoms with van der Waals surface area (Å²) in [4.78, 5) is 28.1. The van der Waals surface area contributed by atoms with Crippen molar-refractivity contribution in [2.75, 3.05) is 31.2 Å². The lowest BCUT2D eigenvalue weighted by molar-refractivity contribution is -0.123. The van der Waals surface area contributed by atoms with Crippen LogP contribution < -0.4 is 10.2 Å². The van der Waals surface area contributed by atoms with Crippen molar-refractivity contribution in [3.05, 3.63) is 57.9 Å². The summed E-state index contributed by atoms with van der Waals surface area (Å²) in [7, 11) is 0. The van der Waals surface area contributed by atoms with E-state index in [2.05, 4.69) is 26.1 Å². The number of carbonyl (C=O) groups excluding carboxylic acids is 2. The van der Waals surface area contributed by atoms with Gasteiger partial charge >= 0.3 is 6.03 Å². The van der Waals surface area contributed by atoms with Gasteiger partial charge in [-0.1, -0.05) is 28.1 Å². The number of nitrogens with one attached hydrogen (secondary N) is 1. The summed E-state index contributed by atoms with van der Waals surface area (Å²) in [6.07, 6.45) is 1.56. The van der Waals surface area contributed by atoms with Crippen molar-refractivity contribution in [3.8, 4) is 0 Å². The first-order valence-corrected chi connectivity index (χ1v) is 9.41. The van der Waals surface area contributed by atoms with E-state index in [1.165, 1.54) is 4.90 Å². The number of hydrogen-bond donors (Lipinski definition) is 1. The Kier molecular flexibility index (Phi) is 5.00. The monoisotopic (exact) mass is 431 g/mol. The van der Waals surface area contributed by atoms with E-state index in [9.17, 15) is 9.59 Å². The zero-order chi connectivity index (χ0) is 18.8. The van der Waals surface area contributed by atoms with Crippen molar-refractivity contribution in [2.24, 2.45) is 0 Å². The third kappa shape index (κ3) is 3.91. The van der Waals surface area contributed by atoms with Gasteiger partial charge in [0.15, 0.2) is 5.88 Å². The Morgan fingerprint density at radius 1 is 1.07 bits per heavy atom. The Labute approximate surface area is 164 Å². The lowest BCUT2D eigenvalue weighted by atomic mass is 10.2. The lowest BCUT2D eigenvalue weighted by Crippen LogP contribution is -2.35. The molecule has 2 aromatic rings. The third-order valence-electron chi connectivity index (χ3n) is 4.44. The number of urea groups is 1. The highest BCUT2D eigenvalue weighted by molar-refractivity contribution is 9.10. The maximum Gasteiger partial charge on any atom is 0.329 e. The molecule has 4 rings (SSSR count). The number of anilines is 1. The number of ether oxygens (including phenoxy) is 1. The highest BCUT2D eigenvalue weighted by Crippen LogP contribution is 2.23. The van der Waals surface area contributed by atoms with Crippen molar-refractivity contribution in [2.45, 2.75) is 6.54 Å². The van der Waals surface area contributed by atoms with Crippen LogP contribution >= 0.6 is 15.9 Å². The number of nitrogens with zero attached hydrogens (tertiary/aromatic N) is 2. The first-order valence-electron chi connectivity index (χ1n) is 8.62. The minimum Gasteiger partial charge on any atom is -0.441 e. The SMILES string of the molecule is O=C1N/C(=C/c2ccc(N3CCOCC3)o2)C(=O)N1Cc1ccc(Br)cc1. The molecule has 3 amide bonds. The predicted molar refractivity (Wildman–Crippen MR) is 103 cm³/mol. The molecule has 8 heteroatoms. The predicted octanol–water partition coefficient (Wildman–Crippen LogP) is 2.97. The third-order valence-corrected chi connectivity index (χ3v) is 4.97. The number of halogens is 1. The van der Waals surface area contributed by atoms with Crippen molar-refractivity contribution in [1.29, 1.82) is 0 Å². The van der Waals surface area contributed by atoms with Crippen LogP contribution in [0.2, 0.25) is 0 Å². The standard InChI is InChI=1S/C19H18BrN3O4/c20-14-3-1-13(2-4-14)12-23-18(24)16(21-19(23)25)11-15-5-6-17(27-15)22-7-9-26-10-8-22/h1-6,11H,7-10,12H2,(H,21,25)/b16-11+. The fraction of sp³-hybridized carbons (Fsp3) is 0.263. The molecular weight excluding hydrogens is 414 g/mol. The fourth-order valence-corrected chi connectivity index (χ4v) is 3.27. The molecule has 0 bridgehead atoms. The molecule has 2 aliphatic rings. The summed E-state index contributed by atoms with van der Waals surface area (Å²) in [5.41, 5.74) is 1.08. The van der Waals surface area contributed by atoms with Gasteiger partial charge in [0.25, 0.3) is 5.91 Å². The second-order valence-corrected chi connectivity index (χ2v) is 7.20. The Morgan fingerprint density at radius 3 is 2.56 bits per heavy atom. The van der Waals surface area contributed by atoms with Gasteiger partial charge in [-0.15, -0.1) is 0 Å². The van der Waals surface area contributed by atoms with Gasteiger partial charge in [0.05, 0.1) is 19.8 Å². The van der Waals surface area contributed by atoms with Crippen LogP contribution in [0.1, 0.15) is 11.3 Å². The number of amides is 3. The van der Waals surface area contributed by atoms with Gasteiger partial charge < -0.3 is 19.4 Å². The Bertz CT molecular complexity index is 885. The van der Waals surface area contributed by atoms with E-state index >= 15 is 0 Å². The molecule has 0 aliphatic carbocycles. The number of carbonyl (C=O) groups is 2. The fourth-order valence-electron chi connectivity index (χ4n) is 3.00. The number of rotatable bonds is 4. The summed E-state index contributed by atoms with van der Waals surface area (Å²) in [5, 5.41) is 2.62. The zero-order valence-electron chi connectivity index (χ0n) is 14.5. The normalized spacial score (nSPS) is 19.1. The van der Waals surface area contributed by atoms with Gasteiger partial charge in [-0.05, 0) is 23.8 Å². The molecule has 1 N–H and O–H groups in total. The van der Waals surface area contributed by atoms with Crippen molar-refractivity contribution < 1.29 is 18.7 Å². The van der Waals surface area contributed by atoms with Crippen LogP contribution in [0.15, 0.2) is 51.0 Å². The molecule has 0 unspecified atom stereocenters. The number of furan rings is 1. The van der Waals surface area contributed by atoms with E-state index in [0.29, 0.717) is 19.0 Å². The molecule has 140 valence electrons. The van der Waals surface area contributed by atoms with Gasteiger partial charge in [-0.2, -0.15) is 0 Å². The maximum absolute atomic E-state index is 12.6. The second kappa shape index (κ2) is 7.58. The van der Waals surface area contributed by atoms with E-state index in [1.807, 2.05) is 30.3 Å². The van der Waals surface area contributed by atoms with Crippen LogP contribution in [-0.2, 0) is 16.1 Å². The average molecular weight is 432 g/mol. The highest BCUT2D eigenvalue weighted by Gasteiger charge is 2.33. The molecule has 0 radical (unpaired) electrons. The highest BCUT2D eigenvalue weighted by atomic mass is 79.9. The average Bonchev–Trinajstić information content (AvgIpc) is 3.25. The summed E-state index contributed by atoms with van der Waals surface area (Å²) in [5.74, 6) is 0.881. The molecule has 0 saturated carbocycles. The van der Waals surface area contributed by atoms with E-state index in [0.717, 1.165) is 29.0 Å². The van der Waals surface area contributed by atoms with Crippen LogP contribution in [0.25, 0.3) is 6.08 Å². The molecular formula is C19H18BrN3O4. The molecule has 2 fully saturated rings. The molecule has 2 saturated heterocycles. The van der Waals surface area contributed by atoms with E-state index in [-0.39, 0.29) is 18.1 Å². The molecule has 1 aromatic heterocycles. The van der Waals surface area contributed by atoms with Crippen molar-refractivity contribution in [1.82, 2.24) is 10.2 Å². The molecule has 27 heavy (non-hydrogen) atoms. The van der Waals surface area contributed by atoms with Crippen LogP contribution in [0.4, 0.5) is 10.7 Å². The minimum atomic E-state index is -0.436. The summed E-state index contributed by atoms with van der Waals surface area (Å²) < 4.78 is 12.1. The summed E-state index contributed by atoms with van der Waals surface area (Å²) in [6, 6.07) is 10.7. The quantitative estimate of drug-likeness (QED) is 0.594. The second-order valence-electron chi connectivity index (χ2n) is 6.28. The zero-order valence-corrected chi connectivity index (χ0v) is 16.1. The molecule has 2 aliphatic heterocycles. The van der Waals surface area contributed by atoms with Gasteiger partial charge in [0.2, 0.25) is 0 Å². The van der Waals surface area contributed by atoms with E-state index in [1.54, 1.807) is 12.1 Å². The largest absolute Gasteiger partial charge is 0.441 e. The van der Waals surface area contributed by atoms with Crippen LogP contribution in [0.5, 0.6) is 0 Å². The molecule has 0 atom stereocenters. The maximum atomic E-state index is 12.6. The Balaban J connectivity index is 1.47. The number of hydrogen-bond acceptors (Lipinski definition) is 5. The molecule has 7 nitrogen and oxygen atoms in total. The van der Waals surface area contributed by atoms with Crippen LogP contribution in [0, 0.1) is 0 Å². The van der Waals surface area contributed by atoms with Gasteiger partial charge in [-0.3, -0.25) is 9.69 Å². The lowest BCUT2D eigenvalue weighted by Gasteiger charge is -2.26. The summed E-state index contributed by atoms with van der Waals surface area (Å²) >= 11 is 3.37. The smallest absolute Gasteiger partial charge is 0.329 e. The van der Waals surface area contributed by atoms with Gasteiger partial charge in [0.1, 0.15) is 11.5 Å². The Morgan fingerprint density at radius 2 is 1.81 bits per heavy atom.